The van der Waals surface area contributed by atoms with Crippen LogP contribution in [0.25, 0.3) is 10.9 Å². The van der Waals surface area contributed by atoms with Gasteiger partial charge in [-0.25, -0.2) is 18.1 Å². The predicted molar refractivity (Wildman–Crippen MR) is 131 cm³/mol. The van der Waals surface area contributed by atoms with Gasteiger partial charge >= 0.3 is 0 Å². The van der Waals surface area contributed by atoms with Gasteiger partial charge in [0.15, 0.2) is 0 Å². The van der Waals surface area contributed by atoms with Crippen LogP contribution in [0.4, 0.5) is 5.95 Å². The lowest BCUT2D eigenvalue weighted by Gasteiger charge is -2.26. The lowest BCUT2D eigenvalue weighted by atomic mass is 9.94. The SMILES string of the molecule is Cc1c(C)c(S(=O)(=O)Nc2nc3ccccc3c(=O)n2C(C)(C)C)c(C)c2c1OC(C)(C)C2. The van der Waals surface area contributed by atoms with E-state index in [1.54, 1.807) is 31.2 Å². The van der Waals surface area contributed by atoms with Gasteiger partial charge in [-0.1, -0.05) is 12.1 Å². The molecule has 0 amide bonds. The number of sulfonamides is 1. The molecule has 0 spiro atoms. The van der Waals surface area contributed by atoms with Crippen LogP contribution in [0.15, 0.2) is 34.0 Å². The molecule has 4 rings (SSSR count). The van der Waals surface area contributed by atoms with Crippen LogP contribution in [0.5, 0.6) is 5.75 Å². The molecular formula is C25H31N3O4S. The minimum atomic E-state index is -4.05. The van der Waals surface area contributed by atoms with Crippen molar-refractivity contribution in [1.82, 2.24) is 9.55 Å². The summed E-state index contributed by atoms with van der Waals surface area (Å²) in [6, 6.07) is 6.95. The normalized spacial score (nSPS) is 15.4. The highest BCUT2D eigenvalue weighted by atomic mass is 32.2. The van der Waals surface area contributed by atoms with Gasteiger partial charge in [-0.05, 0) is 84.2 Å². The number of nitrogens with one attached hydrogen (secondary N) is 1. The van der Waals surface area contributed by atoms with Crippen molar-refractivity contribution in [1.29, 1.82) is 0 Å². The summed E-state index contributed by atoms with van der Waals surface area (Å²) in [4.78, 5) is 18.1. The fourth-order valence-electron chi connectivity index (χ4n) is 4.64. The molecule has 0 bridgehead atoms. The summed E-state index contributed by atoms with van der Waals surface area (Å²) < 4.78 is 37.7. The van der Waals surface area contributed by atoms with Gasteiger partial charge in [-0.3, -0.25) is 9.36 Å². The van der Waals surface area contributed by atoms with E-state index in [9.17, 15) is 13.2 Å². The Labute approximate surface area is 194 Å². The smallest absolute Gasteiger partial charge is 0.264 e. The fourth-order valence-corrected chi connectivity index (χ4v) is 6.20. The molecule has 33 heavy (non-hydrogen) atoms. The van der Waals surface area contributed by atoms with Crippen LogP contribution in [0.2, 0.25) is 0 Å². The van der Waals surface area contributed by atoms with Crippen LogP contribution in [0, 0.1) is 20.8 Å². The maximum absolute atomic E-state index is 13.8. The molecule has 0 saturated heterocycles. The molecule has 0 atom stereocenters. The summed E-state index contributed by atoms with van der Waals surface area (Å²) >= 11 is 0. The molecule has 176 valence electrons. The highest BCUT2D eigenvalue weighted by molar-refractivity contribution is 7.92. The molecule has 0 fully saturated rings. The first-order valence-electron chi connectivity index (χ1n) is 11.0. The number of benzene rings is 2. The molecule has 0 saturated carbocycles. The van der Waals surface area contributed by atoms with Gasteiger partial charge in [0.1, 0.15) is 11.4 Å². The van der Waals surface area contributed by atoms with Crippen molar-refractivity contribution in [3.05, 3.63) is 56.9 Å². The third-order valence-electron chi connectivity index (χ3n) is 6.23. The molecule has 0 aliphatic carbocycles. The number of nitrogens with zero attached hydrogens (tertiary/aromatic N) is 2. The van der Waals surface area contributed by atoms with Crippen molar-refractivity contribution in [2.24, 2.45) is 0 Å². The summed E-state index contributed by atoms with van der Waals surface area (Å²) in [5.41, 5.74) is 2.06. The topological polar surface area (TPSA) is 90.3 Å². The van der Waals surface area contributed by atoms with Crippen molar-refractivity contribution in [3.63, 3.8) is 0 Å². The maximum Gasteiger partial charge on any atom is 0.264 e. The molecule has 2 heterocycles. The molecule has 3 aromatic rings. The number of rotatable bonds is 3. The van der Waals surface area contributed by atoms with Crippen molar-refractivity contribution < 1.29 is 13.2 Å². The largest absolute Gasteiger partial charge is 0.487 e. The number of para-hydroxylation sites is 1. The molecule has 1 N–H and O–H groups in total. The van der Waals surface area contributed by atoms with E-state index in [1.165, 1.54) is 4.57 Å². The monoisotopic (exact) mass is 469 g/mol. The standard InChI is InChI=1S/C25H31N3O4S/c1-14-15(2)21(16(3)18-13-25(7,8)32-20(14)18)33(30,31)27-23-26-19-12-10-9-11-17(19)22(29)28(23)24(4,5)6/h9-12H,13H2,1-8H3,(H,26,27). The molecule has 0 radical (unpaired) electrons. The molecule has 1 aromatic heterocycles. The van der Waals surface area contributed by atoms with E-state index in [0.29, 0.717) is 28.5 Å². The summed E-state index contributed by atoms with van der Waals surface area (Å²) in [7, 11) is -4.05. The summed E-state index contributed by atoms with van der Waals surface area (Å²) in [5, 5.41) is 0.440. The van der Waals surface area contributed by atoms with Crippen LogP contribution in [0.1, 0.15) is 56.9 Å². The Morgan fingerprint density at radius 3 is 2.33 bits per heavy atom. The molecule has 1 aliphatic heterocycles. The van der Waals surface area contributed by atoms with E-state index in [1.807, 2.05) is 48.5 Å². The van der Waals surface area contributed by atoms with Crippen LogP contribution < -0.4 is 15.0 Å². The van der Waals surface area contributed by atoms with Crippen molar-refractivity contribution >= 4 is 26.9 Å². The van der Waals surface area contributed by atoms with Gasteiger partial charge < -0.3 is 4.74 Å². The van der Waals surface area contributed by atoms with E-state index in [2.05, 4.69) is 9.71 Å². The van der Waals surface area contributed by atoms with Gasteiger partial charge in [-0.15, -0.1) is 0 Å². The van der Waals surface area contributed by atoms with E-state index >= 15 is 0 Å². The number of aromatic nitrogens is 2. The zero-order valence-corrected chi connectivity index (χ0v) is 21.3. The number of ether oxygens (including phenoxy) is 1. The highest BCUT2D eigenvalue weighted by Crippen LogP contribution is 2.44. The lowest BCUT2D eigenvalue weighted by molar-refractivity contribution is 0.137. The number of fused-ring (bicyclic) bond motifs is 2. The van der Waals surface area contributed by atoms with Gasteiger partial charge in [0.05, 0.1) is 15.8 Å². The van der Waals surface area contributed by atoms with Gasteiger partial charge in [0, 0.05) is 17.5 Å². The van der Waals surface area contributed by atoms with Crippen molar-refractivity contribution in [2.45, 2.75) is 77.8 Å². The first kappa shape index (κ1) is 23.3. The minimum absolute atomic E-state index is 0.000249. The fraction of sp³-hybridized carbons (Fsp3) is 0.440. The quantitative estimate of drug-likeness (QED) is 0.606. The Morgan fingerprint density at radius 1 is 1.06 bits per heavy atom. The number of hydrogen-bond donors (Lipinski definition) is 1. The minimum Gasteiger partial charge on any atom is -0.487 e. The van der Waals surface area contributed by atoms with Crippen molar-refractivity contribution in [2.75, 3.05) is 4.72 Å². The average Bonchev–Trinajstić information content (AvgIpc) is 3.01. The Hall–Kier alpha value is -2.87. The lowest BCUT2D eigenvalue weighted by Crippen LogP contribution is -2.37. The third-order valence-corrected chi connectivity index (χ3v) is 7.83. The second-order valence-electron chi connectivity index (χ2n) is 10.4. The molecular weight excluding hydrogens is 438 g/mol. The summed E-state index contributed by atoms with van der Waals surface area (Å²) in [6.07, 6.45) is 0.624. The van der Waals surface area contributed by atoms with E-state index in [0.717, 1.165) is 16.9 Å². The van der Waals surface area contributed by atoms with Crippen molar-refractivity contribution in [3.8, 4) is 5.75 Å². The van der Waals surface area contributed by atoms with Crippen LogP contribution in [0.3, 0.4) is 0 Å². The third kappa shape index (κ3) is 3.80. The second-order valence-corrected chi connectivity index (χ2v) is 12.0. The maximum atomic E-state index is 13.8. The predicted octanol–water partition coefficient (Wildman–Crippen LogP) is 4.59. The molecule has 1 aliphatic rings. The second kappa shape index (κ2) is 7.32. The Kier molecular flexibility index (Phi) is 5.16. The molecule has 7 nitrogen and oxygen atoms in total. The van der Waals surface area contributed by atoms with Crippen LogP contribution in [-0.2, 0) is 22.0 Å². The average molecular weight is 470 g/mol. The van der Waals surface area contributed by atoms with E-state index < -0.39 is 21.2 Å². The molecule has 2 aromatic carbocycles. The Balaban J connectivity index is 1.94. The highest BCUT2D eigenvalue weighted by Gasteiger charge is 2.37. The molecule has 0 unspecified atom stereocenters. The van der Waals surface area contributed by atoms with Gasteiger partial charge in [0.25, 0.3) is 15.6 Å². The molecule has 8 heteroatoms. The zero-order valence-electron chi connectivity index (χ0n) is 20.5. The summed E-state index contributed by atoms with van der Waals surface area (Å²) in [6.45, 7) is 15.0. The van der Waals surface area contributed by atoms with Crippen LogP contribution >= 0.6 is 0 Å². The number of hydrogen-bond acceptors (Lipinski definition) is 5. The number of anilines is 1. The Bertz CT molecular complexity index is 1460. The van der Waals surface area contributed by atoms with Crippen LogP contribution in [-0.4, -0.2) is 23.6 Å². The Morgan fingerprint density at radius 2 is 1.70 bits per heavy atom. The first-order valence-corrected chi connectivity index (χ1v) is 12.5. The summed E-state index contributed by atoms with van der Waals surface area (Å²) in [5.74, 6) is 0.768. The zero-order chi connectivity index (χ0) is 24.5. The first-order chi connectivity index (χ1) is 15.1. The van der Waals surface area contributed by atoms with Gasteiger partial charge in [0.2, 0.25) is 5.95 Å². The van der Waals surface area contributed by atoms with E-state index in [4.69, 9.17) is 4.74 Å². The van der Waals surface area contributed by atoms with Gasteiger partial charge in [-0.2, -0.15) is 0 Å². The van der Waals surface area contributed by atoms with E-state index in [-0.39, 0.29) is 16.4 Å².